The molecule has 102 valence electrons. The summed E-state index contributed by atoms with van der Waals surface area (Å²) in [5.74, 6) is -0.191. The molecule has 0 unspecified atom stereocenters. The maximum atomic E-state index is 11.3. The fourth-order valence-corrected chi connectivity index (χ4v) is 1.93. The molecule has 0 radical (unpaired) electrons. The Kier molecular flexibility index (Phi) is 6.70. The van der Waals surface area contributed by atoms with Gasteiger partial charge in [-0.3, -0.25) is 4.79 Å². The number of primary sulfonamides is 1. The monoisotopic (exact) mass is 265 g/mol. The van der Waals surface area contributed by atoms with Gasteiger partial charge in [-0.15, -0.1) is 0 Å². The van der Waals surface area contributed by atoms with Gasteiger partial charge in [0.25, 0.3) is 0 Å². The minimum absolute atomic E-state index is 0.0133. The number of hydrogen-bond acceptors (Lipinski definition) is 4. The van der Waals surface area contributed by atoms with Gasteiger partial charge in [0.05, 0.1) is 5.75 Å². The largest absolute Gasteiger partial charge is 0.460 e. The summed E-state index contributed by atoms with van der Waals surface area (Å²) in [5, 5.41) is 4.87. The van der Waals surface area contributed by atoms with Crippen LogP contribution < -0.4 is 5.14 Å². The highest BCUT2D eigenvalue weighted by Gasteiger charge is 2.15. The normalized spacial score (nSPS) is 12.5. The Morgan fingerprint density at radius 3 is 2.12 bits per heavy atom. The summed E-state index contributed by atoms with van der Waals surface area (Å²) in [6.45, 7) is 5.49. The topological polar surface area (TPSA) is 86.5 Å². The van der Waals surface area contributed by atoms with Gasteiger partial charge in [-0.1, -0.05) is 12.8 Å². The van der Waals surface area contributed by atoms with Gasteiger partial charge in [-0.2, -0.15) is 0 Å². The van der Waals surface area contributed by atoms with Crippen LogP contribution in [0.5, 0.6) is 0 Å². The minimum Gasteiger partial charge on any atom is -0.460 e. The molecule has 0 saturated heterocycles. The molecule has 0 heterocycles. The zero-order valence-electron chi connectivity index (χ0n) is 10.9. The van der Waals surface area contributed by atoms with E-state index in [2.05, 4.69) is 0 Å². The standard InChI is InChI=1S/C11H23NO4S/c1-11(2,3)16-10(13)8-6-4-5-7-9-17(12,14)15/h4-9H2,1-3H3,(H2,12,14,15). The Hall–Kier alpha value is -0.620. The fraction of sp³-hybridized carbons (Fsp3) is 0.909. The predicted molar refractivity (Wildman–Crippen MR) is 66.9 cm³/mol. The molecular formula is C11H23NO4S. The van der Waals surface area contributed by atoms with Gasteiger partial charge in [0, 0.05) is 6.42 Å². The fourth-order valence-electron chi connectivity index (χ4n) is 1.32. The molecule has 0 atom stereocenters. The molecule has 0 aliphatic heterocycles. The van der Waals surface area contributed by atoms with Crippen LogP contribution in [0.25, 0.3) is 0 Å². The van der Waals surface area contributed by atoms with Gasteiger partial charge >= 0.3 is 5.97 Å². The van der Waals surface area contributed by atoms with Crippen molar-refractivity contribution >= 4 is 16.0 Å². The lowest BCUT2D eigenvalue weighted by Crippen LogP contribution is -2.23. The molecule has 0 aromatic heterocycles. The van der Waals surface area contributed by atoms with Gasteiger partial charge in [0.2, 0.25) is 10.0 Å². The molecule has 5 nitrogen and oxygen atoms in total. The first-order valence-corrected chi connectivity index (χ1v) is 7.54. The maximum absolute atomic E-state index is 11.3. The Bertz CT molecular complexity index is 330. The summed E-state index contributed by atoms with van der Waals surface area (Å²) < 4.78 is 26.4. The second-order valence-electron chi connectivity index (χ2n) is 5.12. The van der Waals surface area contributed by atoms with E-state index in [1.807, 2.05) is 20.8 Å². The van der Waals surface area contributed by atoms with Crippen molar-refractivity contribution in [3.8, 4) is 0 Å². The third-order valence-corrected chi connectivity index (χ3v) is 2.84. The van der Waals surface area contributed by atoms with Gasteiger partial charge in [-0.05, 0) is 33.6 Å². The molecule has 0 aromatic rings. The van der Waals surface area contributed by atoms with Gasteiger partial charge < -0.3 is 4.74 Å². The zero-order valence-corrected chi connectivity index (χ0v) is 11.7. The van der Waals surface area contributed by atoms with Crippen LogP contribution in [0, 0.1) is 0 Å². The number of unbranched alkanes of at least 4 members (excludes halogenated alkanes) is 3. The molecule has 0 aliphatic carbocycles. The van der Waals surface area contributed by atoms with Crippen LogP contribution in [0.1, 0.15) is 52.9 Å². The molecule has 0 aliphatic rings. The molecule has 0 rings (SSSR count). The molecule has 6 heteroatoms. The third kappa shape index (κ3) is 13.3. The van der Waals surface area contributed by atoms with Gasteiger partial charge in [0.1, 0.15) is 5.60 Å². The highest BCUT2D eigenvalue weighted by Crippen LogP contribution is 2.11. The van der Waals surface area contributed by atoms with Gasteiger partial charge in [0.15, 0.2) is 0 Å². The molecular weight excluding hydrogens is 242 g/mol. The maximum Gasteiger partial charge on any atom is 0.306 e. The molecule has 0 spiro atoms. The number of rotatable bonds is 7. The Labute approximate surface area is 104 Å². The van der Waals surface area contributed by atoms with Crippen molar-refractivity contribution in [2.24, 2.45) is 5.14 Å². The van der Waals surface area contributed by atoms with E-state index in [-0.39, 0.29) is 11.7 Å². The van der Waals surface area contributed by atoms with Crippen molar-refractivity contribution in [1.29, 1.82) is 0 Å². The average molecular weight is 265 g/mol. The number of carbonyl (C=O) groups is 1. The molecule has 0 aromatic carbocycles. The summed E-state index contributed by atoms with van der Waals surface area (Å²) >= 11 is 0. The first-order chi connectivity index (χ1) is 7.60. The number of carbonyl (C=O) groups excluding carboxylic acids is 1. The SMILES string of the molecule is CC(C)(C)OC(=O)CCCCCCS(N)(=O)=O. The highest BCUT2D eigenvalue weighted by molar-refractivity contribution is 7.89. The summed E-state index contributed by atoms with van der Waals surface area (Å²) in [5.41, 5.74) is -0.440. The summed E-state index contributed by atoms with van der Waals surface area (Å²) in [7, 11) is -3.34. The van der Waals surface area contributed by atoms with Crippen LogP contribution >= 0.6 is 0 Å². The quantitative estimate of drug-likeness (QED) is 0.559. The minimum atomic E-state index is -3.34. The van der Waals surface area contributed by atoms with E-state index in [1.54, 1.807) is 0 Å². The predicted octanol–water partition coefficient (Wildman–Crippen LogP) is 1.57. The summed E-state index contributed by atoms with van der Waals surface area (Å²) in [4.78, 5) is 11.3. The van der Waals surface area contributed by atoms with Crippen molar-refractivity contribution in [2.75, 3.05) is 5.75 Å². The Balaban J connectivity index is 3.50. The second kappa shape index (κ2) is 6.96. The second-order valence-corrected chi connectivity index (χ2v) is 6.85. The molecule has 2 N–H and O–H groups in total. The smallest absolute Gasteiger partial charge is 0.306 e. The zero-order chi connectivity index (χ0) is 13.5. The van der Waals surface area contributed by atoms with Crippen LogP contribution in [-0.4, -0.2) is 25.7 Å². The lowest BCUT2D eigenvalue weighted by molar-refractivity contribution is -0.154. The van der Waals surface area contributed by atoms with E-state index in [1.165, 1.54) is 0 Å². The van der Waals surface area contributed by atoms with Crippen LogP contribution in [0.15, 0.2) is 0 Å². The van der Waals surface area contributed by atoms with E-state index in [0.717, 1.165) is 19.3 Å². The lowest BCUT2D eigenvalue weighted by atomic mass is 10.1. The molecule has 0 saturated carbocycles. The first-order valence-electron chi connectivity index (χ1n) is 5.82. The average Bonchev–Trinajstić information content (AvgIpc) is 2.06. The third-order valence-electron chi connectivity index (χ3n) is 1.98. The van der Waals surface area contributed by atoms with E-state index < -0.39 is 15.6 Å². The lowest BCUT2D eigenvalue weighted by Gasteiger charge is -2.19. The van der Waals surface area contributed by atoms with Crippen molar-refractivity contribution in [3.63, 3.8) is 0 Å². The van der Waals surface area contributed by atoms with Crippen LogP contribution in [0.4, 0.5) is 0 Å². The number of nitrogens with two attached hydrogens (primary N) is 1. The van der Waals surface area contributed by atoms with Crippen molar-refractivity contribution in [2.45, 2.75) is 58.5 Å². The Morgan fingerprint density at radius 2 is 1.65 bits per heavy atom. The highest BCUT2D eigenvalue weighted by atomic mass is 32.2. The van der Waals surface area contributed by atoms with E-state index in [0.29, 0.717) is 12.8 Å². The number of hydrogen-bond donors (Lipinski definition) is 1. The molecule has 0 bridgehead atoms. The summed E-state index contributed by atoms with van der Waals surface area (Å²) in [6, 6.07) is 0. The van der Waals surface area contributed by atoms with E-state index >= 15 is 0 Å². The van der Waals surface area contributed by atoms with Crippen molar-refractivity contribution in [3.05, 3.63) is 0 Å². The Morgan fingerprint density at radius 1 is 1.12 bits per heavy atom. The van der Waals surface area contributed by atoms with E-state index in [9.17, 15) is 13.2 Å². The molecule has 0 fully saturated rings. The van der Waals surface area contributed by atoms with Crippen LogP contribution in [0.3, 0.4) is 0 Å². The number of ether oxygens (including phenoxy) is 1. The first kappa shape index (κ1) is 16.4. The van der Waals surface area contributed by atoms with Gasteiger partial charge in [-0.25, -0.2) is 13.6 Å². The van der Waals surface area contributed by atoms with Crippen LogP contribution in [0.2, 0.25) is 0 Å². The number of sulfonamides is 1. The molecule has 17 heavy (non-hydrogen) atoms. The molecule has 0 amide bonds. The summed E-state index contributed by atoms with van der Waals surface area (Å²) in [6.07, 6.45) is 3.23. The number of esters is 1. The van der Waals surface area contributed by atoms with E-state index in [4.69, 9.17) is 9.88 Å². The van der Waals surface area contributed by atoms with Crippen molar-refractivity contribution < 1.29 is 17.9 Å². The van der Waals surface area contributed by atoms with Crippen molar-refractivity contribution in [1.82, 2.24) is 0 Å². The van der Waals surface area contributed by atoms with Crippen LogP contribution in [-0.2, 0) is 19.6 Å².